The Morgan fingerprint density at radius 2 is 1.77 bits per heavy atom. The number of carbonyl (C=O) groups excluding carboxylic acids is 2. The highest BCUT2D eigenvalue weighted by atomic mass is 32.1. The molecule has 0 unspecified atom stereocenters. The normalized spacial score (nSPS) is 14.1. The number of thiophene rings is 1. The number of hydrogen-bond donors (Lipinski definition) is 0. The Morgan fingerprint density at radius 1 is 1.10 bits per heavy atom. The number of nitrogens with zero attached hydrogens (tertiary/aromatic N) is 4. The first kappa shape index (κ1) is 21.0. The van der Waals surface area contributed by atoms with Crippen LogP contribution in [0, 0.1) is 6.92 Å². The second-order valence-electron chi connectivity index (χ2n) is 7.35. The summed E-state index contributed by atoms with van der Waals surface area (Å²) < 4.78 is 6.38. The Kier molecular flexibility index (Phi) is 6.03. The van der Waals surface area contributed by atoms with Gasteiger partial charge < -0.3 is 14.5 Å². The molecule has 1 aromatic carbocycles. The Labute approximate surface area is 183 Å². The van der Waals surface area contributed by atoms with Gasteiger partial charge in [0, 0.05) is 31.1 Å². The minimum absolute atomic E-state index is 0.0723. The molecule has 1 aliphatic heterocycles. The molecule has 31 heavy (non-hydrogen) atoms. The van der Waals surface area contributed by atoms with Crippen LogP contribution in [0.15, 0.2) is 41.5 Å². The summed E-state index contributed by atoms with van der Waals surface area (Å²) in [6.45, 7) is 5.60. The van der Waals surface area contributed by atoms with Gasteiger partial charge in [-0.3, -0.25) is 14.2 Å². The zero-order chi connectivity index (χ0) is 22.0. The maximum atomic E-state index is 13.1. The van der Waals surface area contributed by atoms with Crippen molar-refractivity contribution in [2.45, 2.75) is 20.4 Å². The Hall–Kier alpha value is -3.20. The van der Waals surface area contributed by atoms with Crippen molar-refractivity contribution in [1.29, 1.82) is 0 Å². The van der Waals surface area contributed by atoms with E-state index in [9.17, 15) is 14.4 Å². The van der Waals surface area contributed by atoms with E-state index in [0.29, 0.717) is 43.0 Å². The summed E-state index contributed by atoms with van der Waals surface area (Å²) in [6, 6.07) is 9.90. The molecular formula is C22H24N4O4S. The van der Waals surface area contributed by atoms with Crippen LogP contribution in [0.3, 0.4) is 0 Å². The van der Waals surface area contributed by atoms with E-state index in [-0.39, 0.29) is 24.1 Å². The number of amides is 2. The zero-order valence-corrected chi connectivity index (χ0v) is 18.4. The molecule has 1 fully saturated rings. The van der Waals surface area contributed by atoms with Gasteiger partial charge in [0.15, 0.2) is 0 Å². The molecule has 0 atom stereocenters. The van der Waals surface area contributed by atoms with Gasteiger partial charge >= 0.3 is 6.09 Å². The zero-order valence-electron chi connectivity index (χ0n) is 17.5. The smallest absolute Gasteiger partial charge is 0.409 e. The number of ether oxygens (including phenoxy) is 1. The monoisotopic (exact) mass is 440 g/mol. The first-order chi connectivity index (χ1) is 15.0. The molecule has 0 N–H and O–H groups in total. The summed E-state index contributed by atoms with van der Waals surface area (Å²) in [7, 11) is 0. The third-order valence-corrected chi connectivity index (χ3v) is 6.67. The van der Waals surface area contributed by atoms with E-state index in [1.165, 1.54) is 22.2 Å². The van der Waals surface area contributed by atoms with Crippen LogP contribution in [0.1, 0.15) is 12.5 Å². The Morgan fingerprint density at radius 3 is 2.45 bits per heavy atom. The average molecular weight is 441 g/mol. The third-order valence-electron chi connectivity index (χ3n) is 5.42. The first-order valence-corrected chi connectivity index (χ1v) is 11.0. The van der Waals surface area contributed by atoms with Crippen LogP contribution in [0.4, 0.5) is 4.79 Å². The summed E-state index contributed by atoms with van der Waals surface area (Å²) in [5.41, 5.74) is 1.72. The topological polar surface area (TPSA) is 84.7 Å². The maximum Gasteiger partial charge on any atom is 0.409 e. The van der Waals surface area contributed by atoms with Crippen molar-refractivity contribution in [3.8, 4) is 10.4 Å². The average Bonchev–Trinajstić information content (AvgIpc) is 3.13. The van der Waals surface area contributed by atoms with Gasteiger partial charge in [-0.15, -0.1) is 11.3 Å². The van der Waals surface area contributed by atoms with Gasteiger partial charge in [0.05, 0.1) is 18.3 Å². The highest BCUT2D eigenvalue weighted by molar-refractivity contribution is 7.22. The summed E-state index contributed by atoms with van der Waals surface area (Å²) in [4.78, 5) is 47.1. The van der Waals surface area contributed by atoms with Gasteiger partial charge in [-0.25, -0.2) is 9.78 Å². The second-order valence-corrected chi connectivity index (χ2v) is 8.35. The van der Waals surface area contributed by atoms with E-state index in [0.717, 1.165) is 16.0 Å². The molecule has 1 saturated heterocycles. The molecule has 162 valence electrons. The summed E-state index contributed by atoms with van der Waals surface area (Å²) in [5, 5.41) is 0.561. The quantitative estimate of drug-likeness (QED) is 0.623. The minimum Gasteiger partial charge on any atom is -0.450 e. The van der Waals surface area contributed by atoms with Crippen molar-refractivity contribution >= 4 is 33.6 Å². The highest BCUT2D eigenvalue weighted by Gasteiger charge is 2.25. The molecule has 2 aromatic heterocycles. The van der Waals surface area contributed by atoms with Crippen molar-refractivity contribution < 1.29 is 14.3 Å². The fourth-order valence-electron chi connectivity index (χ4n) is 3.74. The lowest BCUT2D eigenvalue weighted by Gasteiger charge is -2.34. The molecule has 2 amide bonds. The molecule has 3 heterocycles. The molecule has 8 nitrogen and oxygen atoms in total. The van der Waals surface area contributed by atoms with E-state index in [1.54, 1.807) is 16.7 Å². The van der Waals surface area contributed by atoms with Gasteiger partial charge in [-0.2, -0.15) is 0 Å². The SMILES string of the molecule is CCOC(=O)N1CCN(C(=O)Cn2cnc3sc(-c4ccccc4)c(C)c3c2=O)CC1. The minimum atomic E-state index is -0.359. The largest absolute Gasteiger partial charge is 0.450 e. The summed E-state index contributed by atoms with van der Waals surface area (Å²) >= 11 is 1.48. The summed E-state index contributed by atoms with van der Waals surface area (Å²) in [5.74, 6) is -0.164. The first-order valence-electron chi connectivity index (χ1n) is 10.2. The molecular weight excluding hydrogens is 416 g/mol. The van der Waals surface area contributed by atoms with Gasteiger partial charge in [0.1, 0.15) is 11.4 Å². The van der Waals surface area contributed by atoms with Crippen LogP contribution in [0.5, 0.6) is 0 Å². The lowest BCUT2D eigenvalue weighted by atomic mass is 10.1. The van der Waals surface area contributed by atoms with E-state index < -0.39 is 0 Å². The van der Waals surface area contributed by atoms with Crippen LogP contribution in [0.2, 0.25) is 0 Å². The highest BCUT2D eigenvalue weighted by Crippen LogP contribution is 2.35. The van der Waals surface area contributed by atoms with Crippen molar-refractivity contribution in [2.24, 2.45) is 0 Å². The van der Waals surface area contributed by atoms with Crippen molar-refractivity contribution in [2.75, 3.05) is 32.8 Å². The van der Waals surface area contributed by atoms with E-state index in [4.69, 9.17) is 4.74 Å². The predicted molar refractivity (Wildman–Crippen MR) is 119 cm³/mol. The number of fused-ring (bicyclic) bond motifs is 1. The molecule has 0 radical (unpaired) electrons. The van der Waals surface area contributed by atoms with Crippen LogP contribution >= 0.6 is 11.3 Å². The lowest BCUT2D eigenvalue weighted by Crippen LogP contribution is -2.51. The van der Waals surface area contributed by atoms with E-state index in [2.05, 4.69) is 4.98 Å². The number of carbonyl (C=O) groups is 2. The number of aryl methyl sites for hydroxylation is 1. The number of piperazine rings is 1. The van der Waals surface area contributed by atoms with E-state index >= 15 is 0 Å². The number of aromatic nitrogens is 2. The van der Waals surface area contributed by atoms with Crippen molar-refractivity contribution in [3.63, 3.8) is 0 Å². The number of rotatable bonds is 4. The molecule has 1 aliphatic rings. The molecule has 3 aromatic rings. The number of hydrogen-bond acceptors (Lipinski definition) is 6. The van der Waals surface area contributed by atoms with Gasteiger partial charge in [0.2, 0.25) is 5.91 Å². The molecule has 0 aliphatic carbocycles. The molecule has 9 heteroatoms. The molecule has 0 bridgehead atoms. The van der Waals surface area contributed by atoms with Gasteiger partial charge in [0.25, 0.3) is 5.56 Å². The molecule has 4 rings (SSSR count). The number of benzene rings is 1. The fourth-order valence-corrected chi connectivity index (χ4v) is 4.88. The van der Waals surface area contributed by atoms with Crippen molar-refractivity contribution in [1.82, 2.24) is 19.4 Å². The Bertz CT molecular complexity index is 1160. The van der Waals surface area contributed by atoms with Crippen LogP contribution < -0.4 is 5.56 Å². The standard InChI is InChI=1S/C22H24N4O4S/c1-3-30-22(29)25-11-9-24(10-12-25)17(27)13-26-14-23-20-18(21(26)28)15(2)19(31-20)16-7-5-4-6-8-16/h4-8,14H,3,9-13H2,1-2H3. The van der Waals surface area contributed by atoms with Gasteiger partial charge in [-0.05, 0) is 25.0 Å². The molecule has 0 saturated carbocycles. The van der Waals surface area contributed by atoms with Gasteiger partial charge in [-0.1, -0.05) is 30.3 Å². The molecule has 0 spiro atoms. The summed E-state index contributed by atoms with van der Waals surface area (Å²) in [6.07, 6.45) is 1.09. The van der Waals surface area contributed by atoms with Crippen LogP contribution in [-0.2, 0) is 16.1 Å². The maximum absolute atomic E-state index is 13.1. The third kappa shape index (κ3) is 4.18. The fraction of sp³-hybridized carbons (Fsp3) is 0.364. The predicted octanol–water partition coefficient (Wildman–Crippen LogP) is 2.73. The van der Waals surface area contributed by atoms with E-state index in [1.807, 2.05) is 37.3 Å². The van der Waals surface area contributed by atoms with Crippen molar-refractivity contribution in [3.05, 3.63) is 52.6 Å². The Balaban J connectivity index is 1.51. The van der Waals surface area contributed by atoms with Crippen LogP contribution in [-0.4, -0.2) is 64.1 Å². The van der Waals surface area contributed by atoms with Crippen LogP contribution in [0.25, 0.3) is 20.7 Å². The second kappa shape index (κ2) is 8.89. The lowest BCUT2D eigenvalue weighted by molar-refractivity contribution is -0.133.